The highest BCUT2D eigenvalue weighted by Crippen LogP contribution is 2.19. The Hall–Kier alpha value is -4.15. The van der Waals surface area contributed by atoms with Crippen molar-refractivity contribution < 1.29 is 13.7 Å². The third-order valence-electron chi connectivity index (χ3n) is 5.49. The van der Waals surface area contributed by atoms with Crippen LogP contribution in [0, 0.1) is 5.82 Å². The SMILES string of the molecule is O=C(CCc1nc(-c2ccc(F)cc2)no1)N1CCN(c2nnnn2-c2ccccc2)CC1. The van der Waals surface area contributed by atoms with Crippen molar-refractivity contribution >= 4 is 11.9 Å². The fourth-order valence-corrected chi connectivity index (χ4v) is 3.72. The van der Waals surface area contributed by atoms with E-state index in [4.69, 9.17) is 4.52 Å². The van der Waals surface area contributed by atoms with Crippen LogP contribution in [0.25, 0.3) is 17.1 Å². The first kappa shape index (κ1) is 20.7. The van der Waals surface area contributed by atoms with E-state index in [0.717, 1.165) is 5.69 Å². The molecule has 0 radical (unpaired) electrons. The molecule has 2 aromatic carbocycles. The van der Waals surface area contributed by atoms with Gasteiger partial charge in [-0.05, 0) is 46.8 Å². The van der Waals surface area contributed by atoms with E-state index in [1.54, 1.807) is 16.8 Å². The van der Waals surface area contributed by atoms with Crippen LogP contribution in [0.3, 0.4) is 0 Å². The minimum atomic E-state index is -0.329. The number of nitrogens with zero attached hydrogens (tertiary/aromatic N) is 8. The number of tetrazole rings is 1. The molecule has 168 valence electrons. The first-order chi connectivity index (χ1) is 16.2. The maximum absolute atomic E-state index is 13.1. The molecule has 1 amide bonds. The van der Waals surface area contributed by atoms with Crippen molar-refractivity contribution in [3.05, 3.63) is 66.3 Å². The molecule has 3 heterocycles. The highest BCUT2D eigenvalue weighted by atomic mass is 19.1. The minimum Gasteiger partial charge on any atom is -0.339 e. The largest absolute Gasteiger partial charge is 0.339 e. The van der Waals surface area contributed by atoms with E-state index in [0.29, 0.717) is 55.8 Å². The number of aryl methyl sites for hydroxylation is 1. The summed E-state index contributed by atoms with van der Waals surface area (Å²) in [7, 11) is 0. The van der Waals surface area contributed by atoms with Gasteiger partial charge in [0.15, 0.2) is 0 Å². The molecule has 1 saturated heterocycles. The second-order valence-electron chi connectivity index (χ2n) is 7.61. The van der Waals surface area contributed by atoms with Crippen LogP contribution in [-0.4, -0.2) is 67.3 Å². The summed E-state index contributed by atoms with van der Waals surface area (Å²) in [5.74, 6) is 1.11. The minimum absolute atomic E-state index is 0.0267. The zero-order valence-corrected chi connectivity index (χ0v) is 17.7. The number of carbonyl (C=O) groups is 1. The van der Waals surface area contributed by atoms with E-state index in [2.05, 4.69) is 30.6 Å². The van der Waals surface area contributed by atoms with Gasteiger partial charge in [0.05, 0.1) is 5.69 Å². The lowest BCUT2D eigenvalue weighted by molar-refractivity contribution is -0.131. The summed E-state index contributed by atoms with van der Waals surface area (Å²) in [6.45, 7) is 2.42. The summed E-state index contributed by atoms with van der Waals surface area (Å²) in [5.41, 5.74) is 1.54. The number of piperazine rings is 1. The molecule has 1 fully saturated rings. The second-order valence-corrected chi connectivity index (χ2v) is 7.61. The van der Waals surface area contributed by atoms with Gasteiger partial charge in [-0.1, -0.05) is 28.5 Å². The van der Waals surface area contributed by atoms with Crippen LogP contribution in [0.4, 0.5) is 10.3 Å². The molecule has 11 heteroatoms. The van der Waals surface area contributed by atoms with Crippen LogP contribution in [-0.2, 0) is 11.2 Å². The van der Waals surface area contributed by atoms with E-state index in [1.807, 2.05) is 35.2 Å². The van der Waals surface area contributed by atoms with Gasteiger partial charge in [-0.3, -0.25) is 4.79 Å². The van der Waals surface area contributed by atoms with Crippen LogP contribution in [0.5, 0.6) is 0 Å². The van der Waals surface area contributed by atoms with Crippen molar-refractivity contribution in [3.8, 4) is 17.1 Å². The van der Waals surface area contributed by atoms with E-state index in [-0.39, 0.29) is 18.1 Å². The standard InChI is InChI=1S/C22H21FN8O2/c23-17-8-6-16(7-9-17)21-24-19(33-26-21)10-11-20(32)29-12-14-30(15-13-29)22-25-27-28-31(22)18-4-2-1-3-5-18/h1-9H,10-15H2. The molecule has 0 N–H and O–H groups in total. The van der Waals surface area contributed by atoms with Crippen molar-refractivity contribution in [2.75, 3.05) is 31.1 Å². The number of rotatable bonds is 6. The molecule has 0 unspecified atom stereocenters. The summed E-state index contributed by atoms with van der Waals surface area (Å²) in [4.78, 5) is 20.9. The zero-order chi connectivity index (χ0) is 22.6. The summed E-state index contributed by atoms with van der Waals surface area (Å²) < 4.78 is 20.0. The average molecular weight is 448 g/mol. The summed E-state index contributed by atoms with van der Waals surface area (Å²) >= 11 is 0. The number of hydrogen-bond acceptors (Lipinski definition) is 8. The van der Waals surface area contributed by atoms with Crippen LogP contribution < -0.4 is 4.90 Å². The van der Waals surface area contributed by atoms with Gasteiger partial charge in [0.2, 0.25) is 23.6 Å². The van der Waals surface area contributed by atoms with Crippen molar-refractivity contribution in [2.45, 2.75) is 12.8 Å². The maximum atomic E-state index is 13.1. The predicted molar refractivity (Wildman–Crippen MR) is 116 cm³/mol. The number of carbonyl (C=O) groups excluding carboxylic acids is 1. The Kier molecular flexibility index (Phi) is 5.75. The van der Waals surface area contributed by atoms with E-state index >= 15 is 0 Å². The predicted octanol–water partition coefficient (Wildman–Crippen LogP) is 2.13. The summed E-state index contributed by atoms with van der Waals surface area (Å²) in [6.07, 6.45) is 0.617. The number of halogens is 1. The van der Waals surface area contributed by atoms with Gasteiger partial charge >= 0.3 is 0 Å². The number of amides is 1. The highest BCUT2D eigenvalue weighted by Gasteiger charge is 2.25. The lowest BCUT2D eigenvalue weighted by atomic mass is 10.2. The Balaban J connectivity index is 1.15. The Morgan fingerprint density at radius 2 is 1.76 bits per heavy atom. The number of anilines is 1. The van der Waals surface area contributed by atoms with Gasteiger partial charge in [-0.2, -0.15) is 9.67 Å². The van der Waals surface area contributed by atoms with Crippen LogP contribution >= 0.6 is 0 Å². The Morgan fingerprint density at radius 1 is 1.00 bits per heavy atom. The molecule has 0 saturated carbocycles. The third-order valence-corrected chi connectivity index (χ3v) is 5.49. The van der Waals surface area contributed by atoms with E-state index < -0.39 is 0 Å². The molecule has 1 aliphatic heterocycles. The van der Waals surface area contributed by atoms with Crippen molar-refractivity contribution in [1.29, 1.82) is 0 Å². The van der Waals surface area contributed by atoms with Gasteiger partial charge in [-0.15, -0.1) is 0 Å². The topological polar surface area (TPSA) is 106 Å². The smallest absolute Gasteiger partial charge is 0.250 e. The Labute approximate surface area is 188 Å². The van der Waals surface area contributed by atoms with Crippen LogP contribution in [0.1, 0.15) is 12.3 Å². The molecule has 0 bridgehead atoms. The molecule has 0 atom stereocenters. The molecule has 2 aromatic heterocycles. The fourth-order valence-electron chi connectivity index (χ4n) is 3.72. The first-order valence-corrected chi connectivity index (χ1v) is 10.6. The number of benzene rings is 2. The lowest BCUT2D eigenvalue weighted by Crippen LogP contribution is -2.49. The van der Waals surface area contributed by atoms with Crippen LogP contribution in [0.15, 0.2) is 59.1 Å². The van der Waals surface area contributed by atoms with Crippen molar-refractivity contribution in [3.63, 3.8) is 0 Å². The highest BCUT2D eigenvalue weighted by molar-refractivity contribution is 5.76. The van der Waals surface area contributed by atoms with Gasteiger partial charge in [-0.25, -0.2) is 4.39 Å². The van der Waals surface area contributed by atoms with Gasteiger partial charge in [0.1, 0.15) is 5.82 Å². The molecular weight excluding hydrogens is 427 g/mol. The molecular formula is C22H21FN8O2. The quantitative estimate of drug-likeness (QED) is 0.442. The summed E-state index contributed by atoms with van der Waals surface area (Å²) in [6, 6.07) is 15.5. The maximum Gasteiger partial charge on any atom is 0.250 e. The number of para-hydroxylation sites is 1. The fraction of sp³-hybridized carbons (Fsp3) is 0.273. The van der Waals surface area contributed by atoms with Crippen molar-refractivity contribution in [1.82, 2.24) is 35.2 Å². The molecule has 1 aliphatic rings. The Morgan fingerprint density at radius 3 is 2.52 bits per heavy atom. The number of aromatic nitrogens is 6. The second kappa shape index (κ2) is 9.15. The van der Waals surface area contributed by atoms with Gasteiger partial charge in [0.25, 0.3) is 0 Å². The molecule has 0 spiro atoms. The first-order valence-electron chi connectivity index (χ1n) is 10.6. The molecule has 33 heavy (non-hydrogen) atoms. The third kappa shape index (κ3) is 4.56. The van der Waals surface area contributed by atoms with E-state index in [9.17, 15) is 9.18 Å². The molecule has 5 rings (SSSR count). The molecule has 10 nitrogen and oxygen atoms in total. The molecule has 4 aromatic rings. The van der Waals surface area contributed by atoms with E-state index in [1.165, 1.54) is 12.1 Å². The lowest BCUT2D eigenvalue weighted by Gasteiger charge is -2.34. The summed E-state index contributed by atoms with van der Waals surface area (Å²) in [5, 5.41) is 16.0. The van der Waals surface area contributed by atoms with Gasteiger partial charge in [0, 0.05) is 44.6 Å². The monoisotopic (exact) mass is 448 g/mol. The van der Waals surface area contributed by atoms with Crippen LogP contribution in [0.2, 0.25) is 0 Å². The van der Waals surface area contributed by atoms with Crippen molar-refractivity contribution in [2.24, 2.45) is 0 Å². The van der Waals surface area contributed by atoms with Gasteiger partial charge < -0.3 is 14.3 Å². The average Bonchev–Trinajstić information content (AvgIpc) is 3.54. The normalized spacial score (nSPS) is 14.0. The number of hydrogen-bond donors (Lipinski definition) is 0. The zero-order valence-electron chi connectivity index (χ0n) is 17.7. The Bertz CT molecular complexity index is 1220. The molecule has 0 aliphatic carbocycles.